The zero-order valence-corrected chi connectivity index (χ0v) is 13.9. The van der Waals surface area contributed by atoms with E-state index in [2.05, 4.69) is 49.4 Å². The first-order valence-corrected chi connectivity index (χ1v) is 8.97. The zero-order valence-electron chi connectivity index (χ0n) is 13.9. The van der Waals surface area contributed by atoms with Crippen molar-refractivity contribution in [3.05, 3.63) is 70.3 Å². The Labute approximate surface area is 135 Å². The Bertz CT molecular complexity index is 592. The van der Waals surface area contributed by atoms with Crippen LogP contribution in [0.1, 0.15) is 59.9 Å². The summed E-state index contributed by atoms with van der Waals surface area (Å²) in [5.41, 5.74) is 7.60. The third kappa shape index (κ3) is 4.22. The second kappa shape index (κ2) is 7.63. The molecule has 0 amide bonds. The molecule has 0 heterocycles. The summed E-state index contributed by atoms with van der Waals surface area (Å²) >= 11 is 0. The highest BCUT2D eigenvalue weighted by atomic mass is 14.2. The molecule has 22 heavy (non-hydrogen) atoms. The first kappa shape index (κ1) is 15.3. The maximum Gasteiger partial charge on any atom is -0.0235 e. The Kier molecular flexibility index (Phi) is 5.32. The smallest absolute Gasteiger partial charge is 0.0235 e. The molecular weight excluding hydrogens is 264 g/mol. The average Bonchev–Trinajstić information content (AvgIpc) is 2.50. The van der Waals surface area contributed by atoms with E-state index in [0.717, 1.165) is 0 Å². The van der Waals surface area contributed by atoms with Gasteiger partial charge in [-0.15, -0.1) is 0 Å². The molecule has 0 N–H and O–H groups in total. The Balaban J connectivity index is 1.26. The molecule has 1 aliphatic carbocycles. The predicted molar refractivity (Wildman–Crippen MR) is 95.5 cm³/mol. The Morgan fingerprint density at radius 1 is 0.636 bits per heavy atom. The van der Waals surface area contributed by atoms with Gasteiger partial charge in [-0.3, -0.25) is 0 Å². The maximum atomic E-state index is 2.44. The van der Waals surface area contributed by atoms with Crippen molar-refractivity contribution >= 4 is 0 Å². The summed E-state index contributed by atoms with van der Waals surface area (Å²) in [6, 6.07) is 16.1. The summed E-state index contributed by atoms with van der Waals surface area (Å²) in [5, 5.41) is 0. The summed E-state index contributed by atoms with van der Waals surface area (Å²) in [5.74, 6) is 0. The molecule has 0 aliphatic heterocycles. The molecule has 0 atom stereocenters. The number of unbranched alkanes of at least 4 members (excludes halogenated alkanes) is 4. The maximum absolute atomic E-state index is 2.44. The summed E-state index contributed by atoms with van der Waals surface area (Å²) in [4.78, 5) is 0. The zero-order chi connectivity index (χ0) is 15.2. The number of benzene rings is 2. The summed E-state index contributed by atoms with van der Waals surface area (Å²) < 4.78 is 0. The molecule has 0 radical (unpaired) electrons. The molecule has 0 spiro atoms. The van der Waals surface area contributed by atoms with Crippen molar-refractivity contribution in [2.45, 2.75) is 64.7 Å². The van der Waals surface area contributed by atoms with Crippen LogP contribution in [0.4, 0.5) is 0 Å². The minimum atomic E-state index is 1.24. The number of hydrogen-bond donors (Lipinski definition) is 0. The van der Waals surface area contributed by atoms with E-state index in [-0.39, 0.29) is 0 Å². The van der Waals surface area contributed by atoms with Crippen molar-refractivity contribution < 1.29 is 0 Å². The second-order valence-corrected chi connectivity index (χ2v) is 6.86. The van der Waals surface area contributed by atoms with Crippen LogP contribution < -0.4 is 0 Å². The van der Waals surface area contributed by atoms with Gasteiger partial charge in [0, 0.05) is 0 Å². The van der Waals surface area contributed by atoms with Crippen LogP contribution in [-0.2, 0) is 25.7 Å². The van der Waals surface area contributed by atoms with Gasteiger partial charge in [-0.05, 0) is 67.7 Å². The van der Waals surface area contributed by atoms with Gasteiger partial charge in [0.25, 0.3) is 0 Å². The molecule has 0 bridgehead atoms. The van der Waals surface area contributed by atoms with Crippen molar-refractivity contribution in [2.75, 3.05) is 0 Å². The van der Waals surface area contributed by atoms with Crippen LogP contribution in [0.15, 0.2) is 42.5 Å². The van der Waals surface area contributed by atoms with E-state index < -0.39 is 0 Å². The Morgan fingerprint density at radius 2 is 1.23 bits per heavy atom. The fourth-order valence-electron chi connectivity index (χ4n) is 3.35. The van der Waals surface area contributed by atoms with Gasteiger partial charge in [0.2, 0.25) is 0 Å². The Morgan fingerprint density at radius 3 is 1.86 bits per heavy atom. The monoisotopic (exact) mass is 292 g/mol. The highest BCUT2D eigenvalue weighted by Gasteiger charge is 2.12. The van der Waals surface area contributed by atoms with Crippen molar-refractivity contribution in [3.63, 3.8) is 0 Å². The fourth-order valence-corrected chi connectivity index (χ4v) is 3.35. The van der Waals surface area contributed by atoms with Crippen LogP contribution in [0.5, 0.6) is 0 Å². The molecule has 1 aliphatic rings. The van der Waals surface area contributed by atoms with Crippen LogP contribution in [-0.4, -0.2) is 0 Å². The molecule has 2 aromatic carbocycles. The van der Waals surface area contributed by atoms with Crippen LogP contribution in [0.2, 0.25) is 0 Å². The number of rotatable bonds is 8. The third-order valence-electron chi connectivity index (χ3n) is 4.99. The van der Waals surface area contributed by atoms with Gasteiger partial charge in [0.05, 0.1) is 0 Å². The van der Waals surface area contributed by atoms with Gasteiger partial charge in [-0.2, -0.15) is 0 Å². The molecule has 0 nitrogen and oxygen atoms in total. The number of hydrogen-bond acceptors (Lipinski definition) is 0. The van der Waals surface area contributed by atoms with E-state index in [1.54, 1.807) is 16.7 Å². The van der Waals surface area contributed by atoms with Crippen LogP contribution in [0, 0.1) is 6.92 Å². The SMILES string of the molecule is Cc1ccc(CCCCCCCc2ccc3c(c2)CC3)cc1. The van der Waals surface area contributed by atoms with Crippen molar-refractivity contribution in [3.8, 4) is 0 Å². The average molecular weight is 292 g/mol. The summed E-state index contributed by atoms with van der Waals surface area (Å²) in [7, 11) is 0. The van der Waals surface area contributed by atoms with Gasteiger partial charge in [0.15, 0.2) is 0 Å². The lowest BCUT2D eigenvalue weighted by Crippen LogP contribution is -2.08. The number of fused-ring (bicyclic) bond motifs is 1. The standard InChI is InChI=1S/C22H28/c1-18-9-11-19(12-10-18)7-5-3-2-4-6-8-20-13-14-21-15-16-22(21)17-20/h9-14,17H,2-8,15-16H2,1H3. The van der Waals surface area contributed by atoms with Crippen molar-refractivity contribution in [2.24, 2.45) is 0 Å². The summed E-state index contributed by atoms with van der Waals surface area (Å²) in [6.45, 7) is 2.16. The molecule has 2 aromatic rings. The first-order chi connectivity index (χ1) is 10.8. The van der Waals surface area contributed by atoms with Crippen LogP contribution in [0.3, 0.4) is 0 Å². The van der Waals surface area contributed by atoms with Crippen molar-refractivity contribution in [1.29, 1.82) is 0 Å². The lowest BCUT2D eigenvalue weighted by Gasteiger charge is -2.19. The lowest BCUT2D eigenvalue weighted by atomic mass is 9.86. The molecule has 116 valence electrons. The molecule has 0 fully saturated rings. The van der Waals surface area contributed by atoms with E-state index in [0.29, 0.717) is 0 Å². The second-order valence-electron chi connectivity index (χ2n) is 6.86. The highest BCUT2D eigenvalue weighted by molar-refractivity contribution is 5.38. The lowest BCUT2D eigenvalue weighted by molar-refractivity contribution is 0.613. The van der Waals surface area contributed by atoms with E-state index >= 15 is 0 Å². The fraction of sp³-hybridized carbons (Fsp3) is 0.455. The van der Waals surface area contributed by atoms with E-state index in [4.69, 9.17) is 0 Å². The van der Waals surface area contributed by atoms with Gasteiger partial charge in [-0.25, -0.2) is 0 Å². The van der Waals surface area contributed by atoms with Crippen LogP contribution >= 0.6 is 0 Å². The van der Waals surface area contributed by atoms with E-state index in [1.165, 1.54) is 68.9 Å². The van der Waals surface area contributed by atoms with Gasteiger partial charge in [-0.1, -0.05) is 67.3 Å². The molecule has 0 saturated carbocycles. The Hall–Kier alpha value is -1.56. The topological polar surface area (TPSA) is 0 Å². The van der Waals surface area contributed by atoms with E-state index in [9.17, 15) is 0 Å². The quantitative estimate of drug-likeness (QED) is 0.537. The normalized spacial score (nSPS) is 12.8. The highest BCUT2D eigenvalue weighted by Crippen LogP contribution is 2.24. The minimum absolute atomic E-state index is 1.24. The van der Waals surface area contributed by atoms with Gasteiger partial charge in [0.1, 0.15) is 0 Å². The van der Waals surface area contributed by atoms with Gasteiger partial charge < -0.3 is 0 Å². The molecular formula is C22H28. The molecule has 0 unspecified atom stereocenters. The first-order valence-electron chi connectivity index (χ1n) is 8.97. The summed E-state index contributed by atoms with van der Waals surface area (Å²) in [6.07, 6.45) is 11.9. The predicted octanol–water partition coefficient (Wildman–Crippen LogP) is 5.83. The molecule has 0 aromatic heterocycles. The minimum Gasteiger partial charge on any atom is -0.0591 e. The molecule has 3 rings (SSSR count). The number of aryl methyl sites for hydroxylation is 5. The van der Waals surface area contributed by atoms with Crippen molar-refractivity contribution in [1.82, 2.24) is 0 Å². The molecule has 0 saturated heterocycles. The molecule has 0 heteroatoms. The largest absolute Gasteiger partial charge is 0.0591 e. The van der Waals surface area contributed by atoms with Gasteiger partial charge >= 0.3 is 0 Å². The van der Waals surface area contributed by atoms with E-state index in [1.807, 2.05) is 0 Å². The van der Waals surface area contributed by atoms with Crippen LogP contribution in [0.25, 0.3) is 0 Å². The third-order valence-corrected chi connectivity index (χ3v) is 4.99.